The summed E-state index contributed by atoms with van der Waals surface area (Å²) < 4.78 is 0. The maximum atomic E-state index is 13.2. The third kappa shape index (κ3) is 5.81. The van der Waals surface area contributed by atoms with Crippen molar-refractivity contribution in [3.05, 3.63) is 96.1 Å². The van der Waals surface area contributed by atoms with Crippen LogP contribution in [-0.2, 0) is 10.5 Å². The van der Waals surface area contributed by atoms with Crippen molar-refractivity contribution < 1.29 is 9.59 Å². The number of thioether (sulfide) groups is 1. The van der Waals surface area contributed by atoms with Gasteiger partial charge >= 0.3 is 0 Å². The minimum absolute atomic E-state index is 0.409. The molecule has 3 aromatic carbocycles. The van der Waals surface area contributed by atoms with E-state index in [4.69, 9.17) is 0 Å². The highest BCUT2D eigenvalue weighted by atomic mass is 32.2. The fraction of sp³-hybridized carbons (Fsp3) is 0.200. The molecule has 0 fully saturated rings. The van der Waals surface area contributed by atoms with Gasteiger partial charge in [-0.2, -0.15) is 0 Å². The summed E-state index contributed by atoms with van der Waals surface area (Å²) in [6, 6.07) is 26.7. The van der Waals surface area contributed by atoms with Gasteiger partial charge in [-0.1, -0.05) is 72.8 Å². The summed E-state index contributed by atoms with van der Waals surface area (Å²) in [5, 5.41) is 0. The van der Waals surface area contributed by atoms with Crippen molar-refractivity contribution >= 4 is 29.1 Å². The number of amides is 1. The van der Waals surface area contributed by atoms with Gasteiger partial charge in [-0.15, -0.1) is 11.8 Å². The second kappa shape index (κ2) is 10.8. The summed E-state index contributed by atoms with van der Waals surface area (Å²) in [5.41, 5.74) is 2.39. The van der Waals surface area contributed by atoms with Crippen molar-refractivity contribution in [2.75, 3.05) is 32.1 Å². The zero-order chi connectivity index (χ0) is 21.3. The number of nitrogens with zero attached hydrogens (tertiary/aromatic N) is 2. The first-order chi connectivity index (χ1) is 14.6. The third-order valence-electron chi connectivity index (χ3n) is 4.64. The molecule has 154 valence electrons. The van der Waals surface area contributed by atoms with Crippen LogP contribution in [0.5, 0.6) is 0 Å². The molecule has 0 aliphatic rings. The Morgan fingerprint density at radius 3 is 2.03 bits per heavy atom. The molecule has 5 heteroatoms. The minimum atomic E-state index is -0.504. The largest absolute Gasteiger partial charge is 0.308 e. The molecule has 0 N–H and O–H groups in total. The molecule has 0 unspecified atom stereocenters. The van der Waals surface area contributed by atoms with Crippen LogP contribution in [0.1, 0.15) is 15.9 Å². The van der Waals surface area contributed by atoms with Crippen molar-refractivity contribution in [1.82, 2.24) is 4.90 Å². The SMILES string of the molecule is CN(C)CCN(C(=O)C(=O)c1ccccc1)c1ccccc1SCc1ccccc1. The highest BCUT2D eigenvalue weighted by molar-refractivity contribution is 7.98. The van der Waals surface area contributed by atoms with Gasteiger partial charge in [0.15, 0.2) is 0 Å². The van der Waals surface area contributed by atoms with E-state index in [0.717, 1.165) is 16.3 Å². The highest BCUT2D eigenvalue weighted by Gasteiger charge is 2.26. The van der Waals surface area contributed by atoms with Crippen LogP contribution >= 0.6 is 11.8 Å². The molecule has 0 bridgehead atoms. The van der Waals surface area contributed by atoms with Gasteiger partial charge in [-0.25, -0.2) is 0 Å². The third-order valence-corrected chi connectivity index (χ3v) is 5.77. The lowest BCUT2D eigenvalue weighted by Gasteiger charge is -2.26. The van der Waals surface area contributed by atoms with E-state index in [1.54, 1.807) is 40.9 Å². The predicted molar refractivity (Wildman–Crippen MR) is 124 cm³/mol. The number of carbonyl (C=O) groups is 2. The van der Waals surface area contributed by atoms with Gasteiger partial charge in [-0.3, -0.25) is 9.59 Å². The van der Waals surface area contributed by atoms with Crippen LogP contribution in [0.3, 0.4) is 0 Å². The molecule has 0 radical (unpaired) electrons. The molecule has 3 rings (SSSR count). The molecule has 0 aromatic heterocycles. The van der Waals surface area contributed by atoms with E-state index in [1.807, 2.05) is 67.5 Å². The summed E-state index contributed by atoms with van der Waals surface area (Å²) in [5.74, 6) is -0.201. The zero-order valence-corrected chi connectivity index (χ0v) is 18.1. The summed E-state index contributed by atoms with van der Waals surface area (Å²) >= 11 is 1.67. The van der Waals surface area contributed by atoms with E-state index in [1.165, 1.54) is 5.56 Å². The molecule has 0 heterocycles. The van der Waals surface area contributed by atoms with Crippen molar-refractivity contribution in [3.63, 3.8) is 0 Å². The Balaban J connectivity index is 1.88. The van der Waals surface area contributed by atoms with Crippen LogP contribution in [0.25, 0.3) is 0 Å². The number of hydrogen-bond donors (Lipinski definition) is 0. The quantitative estimate of drug-likeness (QED) is 0.285. The fourth-order valence-electron chi connectivity index (χ4n) is 3.00. The molecular formula is C25H26N2O2S. The average Bonchev–Trinajstić information content (AvgIpc) is 2.79. The molecular weight excluding hydrogens is 392 g/mol. The Kier molecular flexibility index (Phi) is 7.82. The molecule has 1 amide bonds. The molecule has 4 nitrogen and oxygen atoms in total. The predicted octanol–water partition coefficient (Wildman–Crippen LogP) is 4.76. The number of carbonyl (C=O) groups excluding carboxylic acids is 2. The Hall–Kier alpha value is -2.89. The lowest BCUT2D eigenvalue weighted by molar-refractivity contribution is -0.114. The van der Waals surface area contributed by atoms with Crippen molar-refractivity contribution in [2.45, 2.75) is 10.6 Å². The maximum Gasteiger partial charge on any atom is 0.299 e. The fourth-order valence-corrected chi connectivity index (χ4v) is 4.02. The first-order valence-electron chi connectivity index (χ1n) is 9.88. The van der Waals surface area contributed by atoms with Crippen molar-refractivity contribution in [1.29, 1.82) is 0 Å². The van der Waals surface area contributed by atoms with E-state index in [0.29, 0.717) is 18.7 Å². The maximum absolute atomic E-state index is 13.2. The van der Waals surface area contributed by atoms with Crippen LogP contribution in [0.4, 0.5) is 5.69 Å². The van der Waals surface area contributed by atoms with Crippen LogP contribution in [0.2, 0.25) is 0 Å². The molecule has 30 heavy (non-hydrogen) atoms. The van der Waals surface area contributed by atoms with E-state index in [9.17, 15) is 9.59 Å². The van der Waals surface area contributed by atoms with Crippen molar-refractivity contribution in [2.24, 2.45) is 0 Å². The van der Waals surface area contributed by atoms with Gasteiger partial charge in [0.2, 0.25) is 0 Å². The number of benzene rings is 3. The van der Waals surface area contributed by atoms with Gasteiger partial charge in [0.1, 0.15) is 0 Å². The van der Waals surface area contributed by atoms with Gasteiger partial charge < -0.3 is 9.80 Å². The van der Waals surface area contributed by atoms with Crippen LogP contribution in [0.15, 0.2) is 89.8 Å². The topological polar surface area (TPSA) is 40.6 Å². The first-order valence-corrected chi connectivity index (χ1v) is 10.9. The van der Waals surface area contributed by atoms with Crippen LogP contribution in [0, 0.1) is 0 Å². The standard InChI is InChI=1S/C25H26N2O2S/c1-26(2)17-18-27(25(29)24(28)21-13-7-4-8-14-21)22-15-9-10-16-23(22)30-19-20-11-5-3-6-12-20/h3-16H,17-19H2,1-2H3. The van der Waals surface area contributed by atoms with E-state index in [-0.39, 0.29) is 0 Å². The lowest BCUT2D eigenvalue weighted by atomic mass is 10.1. The number of rotatable bonds is 9. The van der Waals surface area contributed by atoms with Crippen LogP contribution in [-0.4, -0.2) is 43.8 Å². The zero-order valence-electron chi connectivity index (χ0n) is 17.3. The molecule has 3 aromatic rings. The Morgan fingerprint density at radius 2 is 1.37 bits per heavy atom. The second-order valence-electron chi connectivity index (χ2n) is 7.20. The molecule has 0 aliphatic carbocycles. The number of para-hydroxylation sites is 1. The van der Waals surface area contributed by atoms with Gasteiger partial charge in [0.25, 0.3) is 11.7 Å². The van der Waals surface area contributed by atoms with E-state index in [2.05, 4.69) is 12.1 Å². The summed E-state index contributed by atoms with van der Waals surface area (Å²) in [4.78, 5) is 30.7. The molecule has 0 spiro atoms. The minimum Gasteiger partial charge on any atom is -0.308 e. The second-order valence-corrected chi connectivity index (χ2v) is 8.21. The number of hydrogen-bond acceptors (Lipinski definition) is 4. The number of ketones is 1. The smallest absolute Gasteiger partial charge is 0.299 e. The van der Waals surface area contributed by atoms with E-state index >= 15 is 0 Å². The molecule has 0 aliphatic heterocycles. The van der Waals surface area contributed by atoms with Gasteiger partial charge in [0.05, 0.1) is 5.69 Å². The summed E-state index contributed by atoms with van der Waals surface area (Å²) in [6.45, 7) is 1.10. The van der Waals surface area contributed by atoms with Gasteiger partial charge in [-0.05, 0) is 31.8 Å². The number of anilines is 1. The Morgan fingerprint density at radius 1 is 0.767 bits per heavy atom. The molecule has 0 saturated carbocycles. The van der Waals surface area contributed by atoms with Gasteiger partial charge in [0, 0.05) is 29.3 Å². The summed E-state index contributed by atoms with van der Waals surface area (Å²) in [6.07, 6.45) is 0. The highest BCUT2D eigenvalue weighted by Crippen LogP contribution is 2.32. The summed E-state index contributed by atoms with van der Waals surface area (Å²) in [7, 11) is 3.91. The Bertz CT molecular complexity index is 975. The lowest BCUT2D eigenvalue weighted by Crippen LogP contribution is -2.41. The average molecular weight is 419 g/mol. The molecule has 0 atom stereocenters. The number of likely N-dealkylation sites (N-methyl/N-ethyl adjacent to an activating group) is 1. The first kappa shape index (κ1) is 21.8. The van der Waals surface area contributed by atoms with Crippen LogP contribution < -0.4 is 4.90 Å². The number of Topliss-reactive ketones (excluding diaryl/α,β-unsaturated/α-hetero) is 1. The normalized spacial score (nSPS) is 10.8. The Labute approximate surface area is 182 Å². The monoisotopic (exact) mass is 418 g/mol. The van der Waals surface area contributed by atoms with Crippen molar-refractivity contribution in [3.8, 4) is 0 Å². The van der Waals surface area contributed by atoms with E-state index < -0.39 is 11.7 Å². The molecule has 0 saturated heterocycles.